The Hall–Kier alpha value is -3.48. The molecule has 0 atom stereocenters. The molecule has 0 saturated heterocycles. The summed E-state index contributed by atoms with van der Waals surface area (Å²) >= 11 is 5.85. The van der Waals surface area contributed by atoms with Crippen LogP contribution in [0.2, 0.25) is 5.02 Å². The molecule has 0 amide bonds. The molecule has 0 heterocycles. The molecule has 0 spiro atoms. The maximum Gasteiger partial charge on any atom is 0.245 e. The summed E-state index contributed by atoms with van der Waals surface area (Å²) in [7, 11) is 0. The van der Waals surface area contributed by atoms with Crippen LogP contribution in [0.4, 0.5) is 11.4 Å². The number of anilines is 2. The minimum atomic E-state index is -2.11. The zero-order chi connectivity index (χ0) is 18.2. The predicted octanol–water partition coefficient (Wildman–Crippen LogP) is 3.29. The van der Waals surface area contributed by atoms with E-state index in [0.717, 1.165) is 0 Å². The van der Waals surface area contributed by atoms with Crippen molar-refractivity contribution in [3.05, 3.63) is 64.2 Å². The molecule has 0 fully saturated rings. The average Bonchev–Trinajstić information content (AvgIpc) is 2.87. The minimum absolute atomic E-state index is 0.199. The Morgan fingerprint density at radius 1 is 1.12 bits per heavy atom. The van der Waals surface area contributed by atoms with E-state index in [-0.39, 0.29) is 28.1 Å². The number of nitriles is 2. The van der Waals surface area contributed by atoms with Gasteiger partial charge < -0.3 is 16.2 Å². The first-order chi connectivity index (χ1) is 11.9. The molecular formula is C18H11ClN4O2. The molecule has 0 bridgehead atoms. The van der Waals surface area contributed by atoms with Gasteiger partial charge in [-0.2, -0.15) is 10.5 Å². The van der Waals surface area contributed by atoms with Crippen LogP contribution < -0.4 is 11.1 Å². The van der Waals surface area contributed by atoms with Gasteiger partial charge in [0.05, 0.1) is 16.9 Å². The van der Waals surface area contributed by atoms with Gasteiger partial charge in [0.15, 0.2) is 5.78 Å². The van der Waals surface area contributed by atoms with E-state index >= 15 is 0 Å². The number of aliphatic hydroxyl groups excluding tert-OH is 1. The van der Waals surface area contributed by atoms with E-state index in [1.165, 1.54) is 24.3 Å². The van der Waals surface area contributed by atoms with Crippen molar-refractivity contribution in [1.29, 1.82) is 10.5 Å². The van der Waals surface area contributed by atoms with Gasteiger partial charge in [-0.05, 0) is 18.2 Å². The summed E-state index contributed by atoms with van der Waals surface area (Å²) in [6, 6.07) is 14.4. The summed E-state index contributed by atoms with van der Waals surface area (Å²) < 4.78 is 0. The van der Waals surface area contributed by atoms with Crippen molar-refractivity contribution in [1.82, 2.24) is 0 Å². The minimum Gasteiger partial charge on any atom is -0.507 e. The fourth-order valence-electron chi connectivity index (χ4n) is 2.72. The predicted molar refractivity (Wildman–Crippen MR) is 93.8 cm³/mol. The molecule has 1 aliphatic carbocycles. The molecule has 0 aromatic heterocycles. The molecule has 4 N–H and O–H groups in total. The van der Waals surface area contributed by atoms with Crippen molar-refractivity contribution in [3.8, 4) is 12.1 Å². The third kappa shape index (κ3) is 2.46. The number of ketones is 1. The van der Waals surface area contributed by atoms with E-state index in [2.05, 4.69) is 5.32 Å². The topological polar surface area (TPSA) is 123 Å². The summed E-state index contributed by atoms with van der Waals surface area (Å²) in [4.78, 5) is 12.7. The van der Waals surface area contributed by atoms with Crippen LogP contribution in [0, 0.1) is 22.7 Å². The molecule has 6 nitrogen and oxygen atoms in total. The van der Waals surface area contributed by atoms with Gasteiger partial charge in [0.25, 0.3) is 0 Å². The second kappa shape index (κ2) is 5.86. The summed E-state index contributed by atoms with van der Waals surface area (Å²) in [6.07, 6.45) is 0. The van der Waals surface area contributed by atoms with Crippen molar-refractivity contribution in [2.24, 2.45) is 0 Å². The Morgan fingerprint density at radius 2 is 1.76 bits per heavy atom. The molecule has 0 unspecified atom stereocenters. The van der Waals surface area contributed by atoms with Crippen molar-refractivity contribution in [2.45, 2.75) is 5.54 Å². The molecule has 0 radical (unpaired) electrons. The Morgan fingerprint density at radius 3 is 2.32 bits per heavy atom. The Bertz CT molecular complexity index is 1000. The highest BCUT2D eigenvalue weighted by Gasteiger charge is 2.46. The Balaban J connectivity index is 2.14. The van der Waals surface area contributed by atoms with Crippen LogP contribution in [0.25, 0.3) is 5.76 Å². The highest BCUT2D eigenvalue weighted by atomic mass is 35.5. The smallest absolute Gasteiger partial charge is 0.245 e. The van der Waals surface area contributed by atoms with Gasteiger partial charge in [-0.15, -0.1) is 0 Å². The number of hydrogen-bond acceptors (Lipinski definition) is 6. The number of nitrogen functional groups attached to an aromatic ring is 1. The number of halogens is 1. The molecule has 0 aliphatic heterocycles. The third-order valence-electron chi connectivity index (χ3n) is 3.94. The lowest BCUT2D eigenvalue weighted by molar-refractivity contribution is 0.103. The zero-order valence-electron chi connectivity index (χ0n) is 12.7. The second-order valence-electron chi connectivity index (χ2n) is 5.43. The summed E-state index contributed by atoms with van der Waals surface area (Å²) in [5.74, 6) is -0.986. The molecule has 122 valence electrons. The third-order valence-corrected chi connectivity index (χ3v) is 4.17. The molecule has 25 heavy (non-hydrogen) atoms. The fourth-order valence-corrected chi connectivity index (χ4v) is 2.90. The number of carbonyl (C=O) groups excluding carboxylic acids is 1. The summed E-state index contributed by atoms with van der Waals surface area (Å²) in [5.41, 5.74) is 4.39. The normalized spacial score (nSPS) is 13.2. The first-order valence-corrected chi connectivity index (χ1v) is 7.55. The number of fused-ring (bicyclic) bond motifs is 1. The molecule has 1 aliphatic rings. The Kier molecular flexibility index (Phi) is 3.84. The van der Waals surface area contributed by atoms with Crippen molar-refractivity contribution < 1.29 is 9.90 Å². The van der Waals surface area contributed by atoms with Gasteiger partial charge >= 0.3 is 0 Å². The van der Waals surface area contributed by atoms with Crippen LogP contribution in [0.15, 0.2) is 48.0 Å². The van der Waals surface area contributed by atoms with Crippen molar-refractivity contribution >= 4 is 34.5 Å². The monoisotopic (exact) mass is 350 g/mol. The van der Waals surface area contributed by atoms with Gasteiger partial charge in [0.2, 0.25) is 5.54 Å². The quantitative estimate of drug-likeness (QED) is 0.730. The molecule has 0 saturated carbocycles. The van der Waals surface area contributed by atoms with Crippen LogP contribution in [0.1, 0.15) is 15.9 Å². The largest absolute Gasteiger partial charge is 0.507 e. The number of nitrogens with two attached hydrogens (primary N) is 1. The van der Waals surface area contributed by atoms with Crippen LogP contribution >= 0.6 is 11.6 Å². The molecule has 7 heteroatoms. The molecule has 2 aromatic rings. The lowest BCUT2D eigenvalue weighted by atomic mass is 9.89. The fraction of sp³-hybridized carbons (Fsp3) is 0.0556. The van der Waals surface area contributed by atoms with Crippen LogP contribution in [-0.4, -0.2) is 16.4 Å². The van der Waals surface area contributed by atoms with E-state index in [9.17, 15) is 20.4 Å². The van der Waals surface area contributed by atoms with Gasteiger partial charge in [0.1, 0.15) is 17.9 Å². The van der Waals surface area contributed by atoms with Gasteiger partial charge in [-0.25, -0.2) is 0 Å². The number of hydrogen-bond donors (Lipinski definition) is 3. The number of nitrogens with zero attached hydrogens (tertiary/aromatic N) is 2. The van der Waals surface area contributed by atoms with Gasteiger partial charge in [-0.3, -0.25) is 4.79 Å². The number of Topliss-reactive ketones (excluding diaryl/α,β-unsaturated/α-hetero) is 1. The number of nitrogens with one attached hydrogen (secondary N) is 1. The van der Waals surface area contributed by atoms with Gasteiger partial charge in [-0.1, -0.05) is 35.9 Å². The summed E-state index contributed by atoms with van der Waals surface area (Å²) in [6.45, 7) is 0. The Labute approximate surface area is 148 Å². The van der Waals surface area contributed by atoms with Crippen molar-refractivity contribution in [2.75, 3.05) is 11.1 Å². The summed E-state index contributed by atoms with van der Waals surface area (Å²) in [5, 5.41) is 32.8. The molecular weight excluding hydrogens is 340 g/mol. The lowest BCUT2D eigenvalue weighted by Gasteiger charge is -2.23. The number of benzene rings is 2. The second-order valence-corrected chi connectivity index (χ2v) is 5.86. The first kappa shape index (κ1) is 16.4. The van der Waals surface area contributed by atoms with Crippen LogP contribution in [-0.2, 0) is 0 Å². The highest BCUT2D eigenvalue weighted by molar-refractivity contribution is 6.31. The maximum absolute atomic E-state index is 12.7. The highest BCUT2D eigenvalue weighted by Crippen LogP contribution is 2.38. The van der Waals surface area contributed by atoms with Gasteiger partial charge in [0, 0.05) is 16.1 Å². The average molecular weight is 351 g/mol. The lowest BCUT2D eigenvalue weighted by Crippen LogP contribution is -2.40. The standard InChI is InChI=1S/C18H11ClN4O2/c19-10-5-6-14(13(22)7-10)23-18(8-20,9-21)15-16(24)11-3-1-2-4-12(11)17(15)25/h1-7,23-24H,22H2. The van der Waals surface area contributed by atoms with Crippen LogP contribution in [0.5, 0.6) is 0 Å². The number of rotatable bonds is 3. The zero-order valence-corrected chi connectivity index (χ0v) is 13.5. The molecule has 2 aromatic carbocycles. The van der Waals surface area contributed by atoms with E-state index in [1.54, 1.807) is 30.3 Å². The number of aliphatic hydroxyl groups is 1. The maximum atomic E-state index is 12.7. The van der Waals surface area contributed by atoms with Crippen LogP contribution in [0.3, 0.4) is 0 Å². The van der Waals surface area contributed by atoms with Crippen molar-refractivity contribution in [3.63, 3.8) is 0 Å². The molecule has 3 rings (SSSR count). The van der Waals surface area contributed by atoms with E-state index in [1.807, 2.05) is 0 Å². The van der Waals surface area contributed by atoms with E-state index < -0.39 is 17.1 Å². The SMILES string of the molecule is N#CC(C#N)(Nc1ccc(Cl)cc1N)C1=C(O)c2ccccc2C1=O. The van der Waals surface area contributed by atoms with E-state index in [4.69, 9.17) is 17.3 Å². The number of carbonyl (C=O) groups is 1. The van der Waals surface area contributed by atoms with E-state index in [0.29, 0.717) is 5.02 Å². The first-order valence-electron chi connectivity index (χ1n) is 7.17.